The van der Waals surface area contributed by atoms with Gasteiger partial charge < -0.3 is 9.80 Å². The van der Waals surface area contributed by atoms with E-state index in [0.717, 1.165) is 29.4 Å². The number of anilines is 1. The van der Waals surface area contributed by atoms with Crippen LogP contribution < -0.4 is 4.90 Å². The van der Waals surface area contributed by atoms with Gasteiger partial charge in [-0.1, -0.05) is 6.07 Å². The van der Waals surface area contributed by atoms with Crippen molar-refractivity contribution < 1.29 is 22.6 Å². The first-order valence-electron chi connectivity index (χ1n) is 8.00. The molecule has 27 heavy (non-hydrogen) atoms. The van der Waals surface area contributed by atoms with Crippen molar-refractivity contribution in [2.75, 3.05) is 26.0 Å². The maximum absolute atomic E-state index is 11.7. The van der Waals surface area contributed by atoms with Gasteiger partial charge in [0.15, 0.2) is 0 Å². The normalized spacial score (nSPS) is 12.9. The fourth-order valence-electron chi connectivity index (χ4n) is 2.69. The van der Waals surface area contributed by atoms with Crippen molar-refractivity contribution in [3.63, 3.8) is 0 Å². The average molecular weight is 391 g/mol. The van der Waals surface area contributed by atoms with Gasteiger partial charge >= 0.3 is 0 Å². The van der Waals surface area contributed by atoms with Crippen LogP contribution in [0.15, 0.2) is 35.5 Å². The molecule has 0 bridgehead atoms. The molecule has 0 spiro atoms. The van der Waals surface area contributed by atoms with Gasteiger partial charge in [0.05, 0.1) is 6.42 Å². The average Bonchev–Trinajstić information content (AvgIpc) is 2.88. The van der Waals surface area contributed by atoms with Crippen LogP contribution >= 0.6 is 0 Å². The van der Waals surface area contributed by atoms with Crippen molar-refractivity contribution in [3.8, 4) is 11.1 Å². The van der Waals surface area contributed by atoms with Gasteiger partial charge in [-0.25, -0.2) is 0 Å². The molecule has 0 saturated carbocycles. The van der Waals surface area contributed by atoms with E-state index in [4.69, 9.17) is 0 Å². The zero-order valence-electron chi connectivity index (χ0n) is 15.5. The number of aromatic nitrogens is 1. The van der Waals surface area contributed by atoms with E-state index in [1.807, 2.05) is 18.2 Å². The Morgan fingerprint density at radius 2 is 1.89 bits per heavy atom. The number of rotatable bonds is 3. The van der Waals surface area contributed by atoms with Gasteiger partial charge in [0.25, 0.3) is 10.1 Å². The van der Waals surface area contributed by atoms with Crippen LogP contribution in [0.1, 0.15) is 11.1 Å². The van der Waals surface area contributed by atoms with Crippen molar-refractivity contribution in [3.05, 3.63) is 41.7 Å². The van der Waals surface area contributed by atoms with E-state index < -0.39 is 10.1 Å². The lowest BCUT2D eigenvalue weighted by atomic mass is 10.00. The van der Waals surface area contributed by atoms with Gasteiger partial charge in [-0.3, -0.25) is 19.1 Å². The summed E-state index contributed by atoms with van der Waals surface area (Å²) < 4.78 is 32.0. The van der Waals surface area contributed by atoms with E-state index in [2.05, 4.69) is 4.98 Å². The standard InChI is InChI=1S/C15H14N2O4S.C3H7NO/c1-9-12(7-16-8-14(9)22(19,20)21)10-3-4-13-11(5-10)6-15(18)17(13)2;1-4(2)3-5/h3-5,7-8H,6H2,1-2H3,(H,19,20,21);3H,1-2H3. The highest BCUT2D eigenvalue weighted by atomic mass is 32.2. The molecule has 9 heteroatoms. The molecule has 0 aliphatic carbocycles. The maximum atomic E-state index is 11.7. The van der Waals surface area contributed by atoms with Crippen molar-refractivity contribution in [2.24, 2.45) is 0 Å². The van der Waals surface area contributed by atoms with E-state index >= 15 is 0 Å². The van der Waals surface area contributed by atoms with Crippen molar-refractivity contribution in [2.45, 2.75) is 18.2 Å². The van der Waals surface area contributed by atoms with Gasteiger partial charge in [0.2, 0.25) is 12.3 Å². The predicted molar refractivity (Wildman–Crippen MR) is 101 cm³/mol. The SMILES string of the molecule is CN(C)C=O.Cc1c(-c2ccc3c(c2)CC(=O)N3C)cncc1S(=O)(=O)O. The summed E-state index contributed by atoms with van der Waals surface area (Å²) in [5, 5.41) is 0. The lowest BCUT2D eigenvalue weighted by Gasteiger charge is -2.12. The minimum Gasteiger partial charge on any atom is -0.351 e. The molecule has 0 atom stereocenters. The van der Waals surface area contributed by atoms with Crippen molar-refractivity contribution in [1.29, 1.82) is 0 Å². The number of pyridine rings is 1. The fraction of sp³-hybridized carbons (Fsp3) is 0.278. The van der Waals surface area contributed by atoms with Gasteiger partial charge in [0, 0.05) is 44.8 Å². The molecule has 0 saturated heterocycles. The van der Waals surface area contributed by atoms with Crippen LogP contribution in [0.2, 0.25) is 0 Å². The van der Waals surface area contributed by atoms with E-state index in [1.54, 1.807) is 39.2 Å². The Bertz CT molecular complexity index is 986. The number of carbonyl (C=O) groups is 2. The number of amides is 2. The van der Waals surface area contributed by atoms with Gasteiger partial charge in [0.1, 0.15) is 4.90 Å². The molecule has 0 fully saturated rings. The fourth-order valence-corrected chi connectivity index (χ4v) is 3.39. The number of nitrogens with zero attached hydrogens (tertiary/aromatic N) is 3. The molecule has 8 nitrogen and oxygen atoms in total. The second-order valence-corrected chi connectivity index (χ2v) is 7.72. The van der Waals surface area contributed by atoms with E-state index in [-0.39, 0.29) is 10.8 Å². The number of benzene rings is 1. The lowest BCUT2D eigenvalue weighted by Crippen LogP contribution is -2.20. The monoisotopic (exact) mass is 391 g/mol. The first kappa shape index (κ1) is 20.5. The Morgan fingerprint density at radius 1 is 1.26 bits per heavy atom. The summed E-state index contributed by atoms with van der Waals surface area (Å²) in [4.78, 5) is 27.9. The second kappa shape index (κ2) is 7.85. The zero-order chi connectivity index (χ0) is 20.4. The Balaban J connectivity index is 0.000000465. The molecule has 0 radical (unpaired) electrons. The van der Waals surface area contributed by atoms with Gasteiger partial charge in [-0.2, -0.15) is 8.42 Å². The molecule has 1 N–H and O–H groups in total. The third-order valence-electron chi connectivity index (χ3n) is 4.13. The Kier molecular flexibility index (Phi) is 5.97. The summed E-state index contributed by atoms with van der Waals surface area (Å²) in [5.74, 6) is 0.0219. The molecule has 0 unspecified atom stereocenters. The molecule has 2 heterocycles. The third kappa shape index (κ3) is 4.50. The summed E-state index contributed by atoms with van der Waals surface area (Å²) in [7, 11) is 0.779. The first-order chi connectivity index (χ1) is 12.6. The van der Waals surface area contributed by atoms with Crippen LogP contribution in [0.3, 0.4) is 0 Å². The minimum absolute atomic E-state index is 0.0219. The van der Waals surface area contributed by atoms with Crippen LogP contribution in [0.4, 0.5) is 5.69 Å². The van der Waals surface area contributed by atoms with Crippen molar-refractivity contribution in [1.82, 2.24) is 9.88 Å². The zero-order valence-corrected chi connectivity index (χ0v) is 16.3. The largest absolute Gasteiger partial charge is 0.351 e. The van der Waals surface area contributed by atoms with E-state index in [9.17, 15) is 22.6 Å². The van der Waals surface area contributed by atoms with Crippen LogP contribution in [0.5, 0.6) is 0 Å². The predicted octanol–water partition coefficient (Wildman–Crippen LogP) is 1.53. The molecule has 1 aromatic heterocycles. The smallest absolute Gasteiger partial charge is 0.296 e. The Labute approximate surface area is 158 Å². The van der Waals surface area contributed by atoms with Crippen LogP contribution in [-0.2, 0) is 26.1 Å². The van der Waals surface area contributed by atoms with Crippen molar-refractivity contribution >= 4 is 28.1 Å². The summed E-state index contributed by atoms with van der Waals surface area (Å²) in [6.07, 6.45) is 3.75. The molecule has 2 aromatic rings. The summed E-state index contributed by atoms with van der Waals surface area (Å²) in [6, 6.07) is 5.50. The second-order valence-electron chi connectivity index (χ2n) is 6.33. The molecule has 3 rings (SSSR count). The molecule has 1 aromatic carbocycles. The van der Waals surface area contributed by atoms with Crippen LogP contribution in [0, 0.1) is 6.92 Å². The van der Waals surface area contributed by atoms with E-state index in [0.29, 0.717) is 17.5 Å². The number of hydrogen-bond acceptors (Lipinski definition) is 5. The quantitative estimate of drug-likeness (QED) is 0.628. The molecule has 1 aliphatic rings. The molecule has 144 valence electrons. The number of carbonyl (C=O) groups excluding carboxylic acids is 2. The number of likely N-dealkylation sites (N-methyl/N-ethyl adjacent to an activating group) is 1. The Hall–Kier alpha value is -2.78. The summed E-state index contributed by atoms with van der Waals surface area (Å²) in [6.45, 7) is 1.62. The highest BCUT2D eigenvalue weighted by Crippen LogP contribution is 2.34. The minimum atomic E-state index is -4.32. The van der Waals surface area contributed by atoms with Gasteiger partial charge in [-0.15, -0.1) is 0 Å². The number of fused-ring (bicyclic) bond motifs is 1. The lowest BCUT2D eigenvalue weighted by molar-refractivity contribution is -0.117. The first-order valence-corrected chi connectivity index (χ1v) is 9.44. The topological polar surface area (TPSA) is 108 Å². The highest BCUT2D eigenvalue weighted by molar-refractivity contribution is 7.85. The molecular formula is C18H21N3O5S. The summed E-state index contributed by atoms with van der Waals surface area (Å²) in [5.41, 5.74) is 3.54. The number of hydrogen-bond donors (Lipinski definition) is 1. The van der Waals surface area contributed by atoms with Crippen LogP contribution in [0.25, 0.3) is 11.1 Å². The maximum Gasteiger partial charge on any atom is 0.296 e. The molecule has 1 aliphatic heterocycles. The summed E-state index contributed by atoms with van der Waals surface area (Å²) >= 11 is 0. The Morgan fingerprint density at radius 3 is 2.44 bits per heavy atom. The third-order valence-corrected chi connectivity index (χ3v) is 5.09. The van der Waals surface area contributed by atoms with Gasteiger partial charge in [-0.05, 0) is 35.7 Å². The molecular weight excluding hydrogens is 370 g/mol. The van der Waals surface area contributed by atoms with E-state index in [1.165, 1.54) is 4.90 Å². The highest BCUT2D eigenvalue weighted by Gasteiger charge is 2.24. The van der Waals surface area contributed by atoms with Crippen LogP contribution in [-0.4, -0.2) is 56.3 Å². The molecule has 2 amide bonds.